The Morgan fingerprint density at radius 1 is 1.20 bits per heavy atom. The largest absolute Gasteiger partial charge is 0.465 e. The molecular formula is C23H30N4O5S3. The Labute approximate surface area is 213 Å². The van der Waals surface area contributed by atoms with Gasteiger partial charge in [0, 0.05) is 24.5 Å². The average molecular weight is 539 g/mol. The number of imidazole rings is 1. The van der Waals surface area contributed by atoms with Crippen molar-refractivity contribution in [3.63, 3.8) is 0 Å². The van der Waals surface area contributed by atoms with Gasteiger partial charge in [-0.05, 0) is 44.5 Å². The van der Waals surface area contributed by atoms with Gasteiger partial charge in [-0.1, -0.05) is 25.6 Å². The quantitative estimate of drug-likeness (QED) is 0.303. The molecule has 12 heteroatoms. The number of nitrogens with zero attached hydrogens (tertiary/aromatic N) is 3. The van der Waals surface area contributed by atoms with Gasteiger partial charge in [0.1, 0.15) is 5.00 Å². The van der Waals surface area contributed by atoms with Crippen LogP contribution in [0.2, 0.25) is 0 Å². The Balaban J connectivity index is 1.83. The molecule has 0 radical (unpaired) electrons. The van der Waals surface area contributed by atoms with Gasteiger partial charge in [-0.2, -0.15) is 4.31 Å². The predicted octanol–water partition coefficient (Wildman–Crippen LogP) is 4.28. The molecule has 190 valence electrons. The summed E-state index contributed by atoms with van der Waals surface area (Å²) in [5.74, 6) is -0.691. The third-order valence-electron chi connectivity index (χ3n) is 5.70. The van der Waals surface area contributed by atoms with Crippen LogP contribution in [0.4, 0.5) is 5.00 Å². The maximum atomic E-state index is 12.9. The Bertz CT molecular complexity index is 1360. The highest BCUT2D eigenvalue weighted by Gasteiger charge is 2.24. The summed E-state index contributed by atoms with van der Waals surface area (Å²) in [4.78, 5) is 30.6. The first-order chi connectivity index (χ1) is 16.6. The molecule has 1 amide bonds. The number of anilines is 1. The predicted molar refractivity (Wildman–Crippen MR) is 140 cm³/mol. The van der Waals surface area contributed by atoms with Crippen LogP contribution in [-0.2, 0) is 26.1 Å². The van der Waals surface area contributed by atoms with E-state index in [1.54, 1.807) is 32.0 Å². The molecule has 1 N–H and O–H groups in total. The van der Waals surface area contributed by atoms with Crippen LogP contribution in [0.3, 0.4) is 0 Å². The fourth-order valence-electron chi connectivity index (χ4n) is 3.73. The molecule has 0 aliphatic carbocycles. The summed E-state index contributed by atoms with van der Waals surface area (Å²) >= 11 is 2.58. The molecule has 35 heavy (non-hydrogen) atoms. The lowest BCUT2D eigenvalue weighted by molar-refractivity contribution is -0.113. The number of sulfonamides is 1. The molecule has 0 saturated carbocycles. The molecule has 9 nitrogen and oxygen atoms in total. The highest BCUT2D eigenvalue weighted by Crippen LogP contribution is 2.33. The number of aryl methyl sites for hydroxylation is 2. The average Bonchev–Trinajstić information content (AvgIpc) is 3.32. The molecule has 0 aliphatic rings. The van der Waals surface area contributed by atoms with Crippen molar-refractivity contribution < 1.29 is 22.7 Å². The van der Waals surface area contributed by atoms with Crippen LogP contribution >= 0.6 is 23.1 Å². The van der Waals surface area contributed by atoms with Gasteiger partial charge in [0.05, 0.1) is 34.4 Å². The van der Waals surface area contributed by atoms with Crippen molar-refractivity contribution in [1.82, 2.24) is 13.9 Å². The number of esters is 1. The minimum atomic E-state index is -3.60. The van der Waals surface area contributed by atoms with E-state index >= 15 is 0 Å². The van der Waals surface area contributed by atoms with Crippen molar-refractivity contribution in [2.75, 3.05) is 31.3 Å². The van der Waals surface area contributed by atoms with Crippen LogP contribution in [0.5, 0.6) is 0 Å². The SMILES string of the molecule is CCN(CC)S(=O)(=O)c1ccc2c(c1)nc(SCC(=O)Nc1sc(C)c(C)c1C(=O)OC)n2CC. The number of carbonyl (C=O) groups is 2. The molecule has 1 aromatic carbocycles. The zero-order chi connectivity index (χ0) is 25.9. The van der Waals surface area contributed by atoms with Gasteiger partial charge >= 0.3 is 5.97 Å². The number of thioether (sulfide) groups is 1. The first-order valence-electron chi connectivity index (χ1n) is 11.2. The third-order valence-corrected chi connectivity index (χ3v) is 9.85. The van der Waals surface area contributed by atoms with E-state index in [0.29, 0.717) is 40.9 Å². The van der Waals surface area contributed by atoms with Crippen LogP contribution in [0.15, 0.2) is 28.3 Å². The summed E-state index contributed by atoms with van der Waals surface area (Å²) in [7, 11) is -2.29. The number of thiophene rings is 1. The second kappa shape index (κ2) is 11.1. The lowest BCUT2D eigenvalue weighted by atomic mass is 10.1. The van der Waals surface area contributed by atoms with Crippen molar-refractivity contribution in [3.8, 4) is 0 Å². The lowest BCUT2D eigenvalue weighted by Crippen LogP contribution is -2.30. The van der Waals surface area contributed by atoms with Crippen LogP contribution in [0.1, 0.15) is 41.6 Å². The molecule has 0 bridgehead atoms. The summed E-state index contributed by atoms with van der Waals surface area (Å²) < 4.78 is 34.0. The Morgan fingerprint density at radius 2 is 1.89 bits per heavy atom. The Hall–Kier alpha value is -2.41. The summed E-state index contributed by atoms with van der Waals surface area (Å²) in [5, 5.41) is 3.90. The van der Waals surface area contributed by atoms with Gasteiger partial charge in [-0.15, -0.1) is 11.3 Å². The highest BCUT2D eigenvalue weighted by molar-refractivity contribution is 7.99. The van der Waals surface area contributed by atoms with Crippen LogP contribution in [-0.4, -0.2) is 60.1 Å². The van der Waals surface area contributed by atoms with Crippen molar-refractivity contribution >= 4 is 61.0 Å². The van der Waals surface area contributed by atoms with Crippen molar-refractivity contribution in [1.29, 1.82) is 0 Å². The Morgan fingerprint density at radius 3 is 2.49 bits per heavy atom. The van der Waals surface area contributed by atoms with Gasteiger partial charge in [0.15, 0.2) is 5.16 Å². The first-order valence-corrected chi connectivity index (χ1v) is 14.4. The minimum Gasteiger partial charge on any atom is -0.465 e. The van der Waals surface area contributed by atoms with Crippen molar-refractivity contribution in [2.24, 2.45) is 0 Å². The normalized spacial score (nSPS) is 11.9. The number of rotatable bonds is 10. The molecule has 3 aromatic rings. The number of ether oxygens (including phenoxy) is 1. The highest BCUT2D eigenvalue weighted by atomic mass is 32.2. The van der Waals surface area contributed by atoms with E-state index in [4.69, 9.17) is 4.74 Å². The monoisotopic (exact) mass is 538 g/mol. The second-order valence-electron chi connectivity index (χ2n) is 7.69. The molecule has 3 rings (SSSR count). The minimum absolute atomic E-state index is 0.0739. The van der Waals surface area contributed by atoms with Crippen molar-refractivity contribution in [2.45, 2.75) is 51.2 Å². The number of fused-ring (bicyclic) bond motifs is 1. The van der Waals surface area contributed by atoms with Gasteiger partial charge in [0.25, 0.3) is 0 Å². The smallest absolute Gasteiger partial charge is 0.341 e. The molecule has 0 saturated heterocycles. The maximum absolute atomic E-state index is 12.9. The van der Waals surface area contributed by atoms with E-state index < -0.39 is 16.0 Å². The zero-order valence-corrected chi connectivity index (χ0v) is 23.1. The van der Waals surface area contributed by atoms with Crippen LogP contribution in [0.25, 0.3) is 11.0 Å². The molecule has 0 atom stereocenters. The van der Waals surface area contributed by atoms with E-state index in [-0.39, 0.29) is 16.6 Å². The van der Waals surface area contributed by atoms with E-state index in [0.717, 1.165) is 16.0 Å². The molecule has 0 aliphatic heterocycles. The van der Waals surface area contributed by atoms with Crippen molar-refractivity contribution in [3.05, 3.63) is 34.2 Å². The maximum Gasteiger partial charge on any atom is 0.341 e. The van der Waals surface area contributed by atoms with Crippen LogP contribution < -0.4 is 5.32 Å². The number of amides is 1. The molecule has 0 unspecified atom stereocenters. The summed E-state index contributed by atoms with van der Waals surface area (Å²) in [6, 6.07) is 4.94. The zero-order valence-electron chi connectivity index (χ0n) is 20.7. The van der Waals surface area contributed by atoms with E-state index in [1.165, 1.54) is 34.5 Å². The number of hydrogen-bond donors (Lipinski definition) is 1. The van der Waals surface area contributed by atoms with Crippen LogP contribution in [0, 0.1) is 13.8 Å². The summed E-state index contributed by atoms with van der Waals surface area (Å²) in [6.45, 7) is 10.7. The van der Waals surface area contributed by atoms with E-state index in [2.05, 4.69) is 10.3 Å². The number of nitrogens with one attached hydrogen (secondary N) is 1. The number of methoxy groups -OCH3 is 1. The topological polar surface area (TPSA) is 111 Å². The molecule has 2 heterocycles. The Kier molecular flexibility index (Phi) is 8.63. The lowest BCUT2D eigenvalue weighted by Gasteiger charge is -2.18. The molecule has 0 spiro atoms. The fourth-order valence-corrected chi connectivity index (χ4v) is 7.15. The fraction of sp³-hybridized carbons (Fsp3) is 0.435. The summed E-state index contributed by atoms with van der Waals surface area (Å²) in [5.41, 5.74) is 2.51. The number of hydrogen-bond acceptors (Lipinski definition) is 8. The molecule has 2 aromatic heterocycles. The van der Waals surface area contributed by atoms with Gasteiger partial charge in [-0.25, -0.2) is 18.2 Å². The summed E-state index contributed by atoms with van der Waals surface area (Å²) in [6.07, 6.45) is 0. The number of carbonyl (C=O) groups excluding carboxylic acids is 2. The standard InChI is InChI=1S/C23H30N4O5S3/c1-7-26(8-2)35(30,31)16-10-11-18-17(12-16)24-23(27(18)9-3)33-13-19(28)25-21-20(22(29)32-6)14(4)15(5)34-21/h10-12H,7-9,13H2,1-6H3,(H,25,28). The third kappa shape index (κ3) is 5.40. The van der Waals surface area contributed by atoms with Gasteiger partial charge in [0.2, 0.25) is 15.9 Å². The van der Waals surface area contributed by atoms with E-state index in [9.17, 15) is 18.0 Å². The van der Waals surface area contributed by atoms with Gasteiger partial charge in [-0.3, -0.25) is 4.79 Å². The number of aromatic nitrogens is 2. The second-order valence-corrected chi connectivity index (χ2v) is 11.8. The number of benzene rings is 1. The molecule has 0 fully saturated rings. The van der Waals surface area contributed by atoms with Gasteiger partial charge < -0.3 is 14.6 Å². The first kappa shape index (κ1) is 27.2. The van der Waals surface area contributed by atoms with E-state index in [1.807, 2.05) is 25.3 Å². The molecular weight excluding hydrogens is 508 g/mol.